The van der Waals surface area contributed by atoms with E-state index in [9.17, 15) is 14.7 Å². The Bertz CT molecular complexity index is 433. The van der Waals surface area contributed by atoms with Crippen LogP contribution in [0, 0.1) is 11.8 Å². The minimum atomic E-state index is -1.01. The fourth-order valence-corrected chi connectivity index (χ4v) is 2.65. The number of carbonyl (C=O) groups is 2. The summed E-state index contributed by atoms with van der Waals surface area (Å²) in [7, 11) is 0. The lowest BCUT2D eigenvalue weighted by atomic mass is 9.85. The maximum absolute atomic E-state index is 11.9. The summed E-state index contributed by atoms with van der Waals surface area (Å²) in [5, 5.41) is 12.0. The summed E-state index contributed by atoms with van der Waals surface area (Å²) >= 11 is 0. The Morgan fingerprint density at radius 3 is 2.25 bits per heavy atom. The highest BCUT2D eigenvalue weighted by molar-refractivity contribution is 5.80. The van der Waals surface area contributed by atoms with Crippen LogP contribution in [0.15, 0.2) is 11.6 Å². The molecule has 0 saturated carbocycles. The molecule has 0 saturated heterocycles. The Balaban J connectivity index is 4.77. The second-order valence-corrected chi connectivity index (χ2v) is 7.83. The van der Waals surface area contributed by atoms with Crippen molar-refractivity contribution in [2.24, 2.45) is 11.8 Å². The number of carbonyl (C=O) groups excluding carboxylic acids is 1. The van der Waals surface area contributed by atoms with E-state index in [0.29, 0.717) is 12.3 Å². The summed E-state index contributed by atoms with van der Waals surface area (Å²) in [6.45, 7) is 13.5. The third kappa shape index (κ3) is 10.3. The standard InChI is InChI=1S/C19H35NO4/c1-8-15(12-14(4)11-9-10-13(2)3)16(17(21)22)20-18(23)24-19(5,6)7/h10,14-16H,8-9,11-12H2,1-7H3,(H,20,23)(H,21,22)/t14-,15-,16+/m1/s1. The summed E-state index contributed by atoms with van der Waals surface area (Å²) in [6, 6.07) is -0.921. The van der Waals surface area contributed by atoms with Gasteiger partial charge in [0.05, 0.1) is 0 Å². The molecule has 0 aromatic rings. The van der Waals surface area contributed by atoms with E-state index in [1.54, 1.807) is 20.8 Å². The normalized spacial score (nSPS) is 15.1. The van der Waals surface area contributed by atoms with Gasteiger partial charge in [0, 0.05) is 0 Å². The maximum atomic E-state index is 11.9. The molecule has 5 nitrogen and oxygen atoms in total. The number of alkyl carbamates (subject to hydrolysis) is 1. The van der Waals surface area contributed by atoms with Gasteiger partial charge in [0.1, 0.15) is 11.6 Å². The van der Waals surface area contributed by atoms with Crippen LogP contribution in [-0.2, 0) is 9.53 Å². The smallest absolute Gasteiger partial charge is 0.408 e. The molecule has 0 aliphatic heterocycles. The van der Waals surface area contributed by atoms with Crippen LogP contribution in [0.5, 0.6) is 0 Å². The number of aliphatic carboxylic acids is 1. The topological polar surface area (TPSA) is 75.6 Å². The average molecular weight is 341 g/mol. The van der Waals surface area contributed by atoms with Crippen molar-refractivity contribution in [1.82, 2.24) is 5.32 Å². The third-order valence-electron chi connectivity index (χ3n) is 3.85. The molecule has 0 aliphatic rings. The number of ether oxygens (including phenoxy) is 1. The van der Waals surface area contributed by atoms with Crippen LogP contribution in [0.2, 0.25) is 0 Å². The van der Waals surface area contributed by atoms with Gasteiger partial charge >= 0.3 is 12.1 Å². The molecule has 0 rings (SSSR count). The van der Waals surface area contributed by atoms with Crippen LogP contribution in [0.1, 0.15) is 74.1 Å². The van der Waals surface area contributed by atoms with Crippen molar-refractivity contribution in [2.45, 2.75) is 85.8 Å². The lowest BCUT2D eigenvalue weighted by Gasteiger charge is -2.28. The van der Waals surface area contributed by atoms with Crippen LogP contribution >= 0.6 is 0 Å². The third-order valence-corrected chi connectivity index (χ3v) is 3.85. The SMILES string of the molecule is CC[C@H](C[C@H](C)CCC=C(C)C)[C@H](NC(=O)OC(C)(C)C)C(=O)O. The summed E-state index contributed by atoms with van der Waals surface area (Å²) in [5.74, 6) is -0.728. The quantitative estimate of drug-likeness (QED) is 0.593. The largest absolute Gasteiger partial charge is 0.480 e. The Morgan fingerprint density at radius 2 is 1.83 bits per heavy atom. The van der Waals surface area contributed by atoms with Crippen molar-refractivity contribution in [2.75, 3.05) is 0 Å². The molecule has 0 aromatic heterocycles. The van der Waals surface area contributed by atoms with E-state index in [4.69, 9.17) is 4.74 Å². The molecule has 140 valence electrons. The van der Waals surface area contributed by atoms with E-state index in [2.05, 4.69) is 32.2 Å². The van der Waals surface area contributed by atoms with Gasteiger partial charge in [0.25, 0.3) is 0 Å². The van der Waals surface area contributed by atoms with Gasteiger partial charge in [-0.15, -0.1) is 0 Å². The second-order valence-electron chi connectivity index (χ2n) is 7.83. The Labute approximate surface area is 146 Å². The van der Waals surface area contributed by atoms with E-state index >= 15 is 0 Å². The number of allylic oxidation sites excluding steroid dienone is 2. The van der Waals surface area contributed by atoms with E-state index < -0.39 is 23.7 Å². The first-order valence-electron chi connectivity index (χ1n) is 8.82. The zero-order valence-electron chi connectivity index (χ0n) is 16.3. The van der Waals surface area contributed by atoms with Gasteiger partial charge in [0.2, 0.25) is 0 Å². The summed E-state index contributed by atoms with van der Waals surface area (Å²) in [4.78, 5) is 23.5. The molecule has 2 N–H and O–H groups in total. The minimum absolute atomic E-state index is 0.114. The molecule has 0 bridgehead atoms. The molecule has 3 atom stereocenters. The fourth-order valence-electron chi connectivity index (χ4n) is 2.65. The van der Waals surface area contributed by atoms with E-state index in [-0.39, 0.29) is 5.92 Å². The Hall–Kier alpha value is -1.52. The molecule has 5 heteroatoms. The molecular weight excluding hydrogens is 306 g/mol. The van der Waals surface area contributed by atoms with Crippen molar-refractivity contribution >= 4 is 12.1 Å². The molecule has 1 amide bonds. The summed E-state index contributed by atoms with van der Waals surface area (Å²) in [6.07, 6.45) is 4.99. The van der Waals surface area contributed by atoms with Crippen molar-refractivity contribution in [3.8, 4) is 0 Å². The number of carboxylic acids is 1. The minimum Gasteiger partial charge on any atom is -0.480 e. The van der Waals surface area contributed by atoms with Crippen LogP contribution < -0.4 is 5.32 Å². The Kier molecular flexibility index (Phi) is 9.71. The van der Waals surface area contributed by atoms with E-state index in [1.165, 1.54) is 5.57 Å². The first-order chi connectivity index (χ1) is 11.0. The van der Waals surface area contributed by atoms with Crippen molar-refractivity contribution in [3.05, 3.63) is 11.6 Å². The number of nitrogens with one attached hydrogen (secondary N) is 1. The van der Waals surface area contributed by atoms with Crippen molar-refractivity contribution < 1.29 is 19.4 Å². The molecule has 0 unspecified atom stereocenters. The van der Waals surface area contributed by atoms with Gasteiger partial charge < -0.3 is 15.2 Å². The molecule has 0 radical (unpaired) electrons. The van der Waals surface area contributed by atoms with Gasteiger partial charge in [-0.25, -0.2) is 9.59 Å². The van der Waals surface area contributed by atoms with E-state index in [0.717, 1.165) is 19.3 Å². The number of rotatable bonds is 9. The van der Waals surface area contributed by atoms with E-state index in [1.807, 2.05) is 6.92 Å². The number of hydrogen-bond acceptors (Lipinski definition) is 3. The molecule has 0 spiro atoms. The maximum Gasteiger partial charge on any atom is 0.408 e. The Morgan fingerprint density at radius 1 is 1.25 bits per heavy atom. The number of hydrogen-bond donors (Lipinski definition) is 2. The molecule has 24 heavy (non-hydrogen) atoms. The van der Waals surface area contributed by atoms with Crippen LogP contribution in [0.3, 0.4) is 0 Å². The molecule has 0 aliphatic carbocycles. The average Bonchev–Trinajstić information content (AvgIpc) is 2.39. The van der Waals surface area contributed by atoms with Gasteiger partial charge in [-0.1, -0.05) is 31.9 Å². The highest BCUT2D eigenvalue weighted by Crippen LogP contribution is 2.23. The first kappa shape index (κ1) is 22.5. The lowest BCUT2D eigenvalue weighted by Crippen LogP contribution is -2.48. The number of amides is 1. The monoisotopic (exact) mass is 341 g/mol. The summed E-state index contributed by atoms with van der Waals surface area (Å²) < 4.78 is 5.19. The summed E-state index contributed by atoms with van der Waals surface area (Å²) in [5.41, 5.74) is 0.649. The predicted octanol–water partition coefficient (Wildman–Crippen LogP) is 4.76. The fraction of sp³-hybridized carbons (Fsp3) is 0.789. The van der Waals surface area contributed by atoms with Crippen LogP contribution in [-0.4, -0.2) is 28.8 Å². The number of carboxylic acid groups (broad SMARTS) is 1. The predicted molar refractivity (Wildman–Crippen MR) is 97.0 cm³/mol. The van der Waals surface area contributed by atoms with Gasteiger partial charge in [0.15, 0.2) is 0 Å². The lowest BCUT2D eigenvalue weighted by molar-refractivity contribution is -0.141. The molecular formula is C19H35NO4. The van der Waals surface area contributed by atoms with Crippen molar-refractivity contribution in [3.63, 3.8) is 0 Å². The highest BCUT2D eigenvalue weighted by Gasteiger charge is 2.31. The molecule has 0 fully saturated rings. The van der Waals surface area contributed by atoms with Crippen molar-refractivity contribution in [1.29, 1.82) is 0 Å². The van der Waals surface area contributed by atoms with Crippen LogP contribution in [0.25, 0.3) is 0 Å². The second kappa shape index (κ2) is 10.4. The van der Waals surface area contributed by atoms with Gasteiger partial charge in [-0.3, -0.25) is 0 Å². The first-order valence-corrected chi connectivity index (χ1v) is 8.82. The zero-order chi connectivity index (χ0) is 18.9. The van der Waals surface area contributed by atoms with Gasteiger partial charge in [-0.05, 0) is 65.7 Å². The molecule has 0 aromatic carbocycles. The van der Waals surface area contributed by atoms with Crippen LogP contribution in [0.4, 0.5) is 4.79 Å². The highest BCUT2D eigenvalue weighted by atomic mass is 16.6. The van der Waals surface area contributed by atoms with Gasteiger partial charge in [-0.2, -0.15) is 0 Å². The zero-order valence-corrected chi connectivity index (χ0v) is 16.3. The molecule has 0 heterocycles.